The molecule has 0 aromatic heterocycles. The van der Waals surface area contributed by atoms with E-state index < -0.39 is 5.97 Å². The first kappa shape index (κ1) is 17.8. The number of carboxylic acids is 1. The van der Waals surface area contributed by atoms with Crippen LogP contribution in [0, 0.1) is 5.92 Å². The first-order valence-electron chi connectivity index (χ1n) is 7.82. The van der Waals surface area contributed by atoms with E-state index in [1.807, 2.05) is 0 Å². The second-order valence-electron chi connectivity index (χ2n) is 5.72. The molecule has 6 nitrogen and oxygen atoms in total. The van der Waals surface area contributed by atoms with Crippen molar-refractivity contribution in [2.75, 3.05) is 20.2 Å². The van der Waals surface area contributed by atoms with Crippen LogP contribution in [0.1, 0.15) is 46.0 Å². The Kier molecular flexibility index (Phi) is 7.50. The summed E-state index contributed by atoms with van der Waals surface area (Å²) < 4.78 is 5.83. The fourth-order valence-electron chi connectivity index (χ4n) is 2.75. The van der Waals surface area contributed by atoms with Gasteiger partial charge < -0.3 is 20.1 Å². The Labute approximate surface area is 126 Å². The summed E-state index contributed by atoms with van der Waals surface area (Å²) in [4.78, 5) is 24.0. The van der Waals surface area contributed by atoms with Crippen molar-refractivity contribution in [2.24, 2.45) is 5.92 Å². The summed E-state index contributed by atoms with van der Waals surface area (Å²) in [7, 11) is 1.62. The number of hydrogen-bond acceptors (Lipinski definition) is 3. The first-order chi connectivity index (χ1) is 9.97. The van der Waals surface area contributed by atoms with Crippen LogP contribution in [-0.2, 0) is 9.53 Å². The largest absolute Gasteiger partial charge is 0.481 e. The van der Waals surface area contributed by atoms with E-state index in [9.17, 15) is 9.59 Å². The molecule has 2 unspecified atom stereocenters. The quantitative estimate of drug-likeness (QED) is 0.754. The minimum Gasteiger partial charge on any atom is -0.481 e. The maximum Gasteiger partial charge on any atom is 0.317 e. The number of amides is 2. The summed E-state index contributed by atoms with van der Waals surface area (Å²) >= 11 is 0. The van der Waals surface area contributed by atoms with Gasteiger partial charge in [-0.2, -0.15) is 0 Å². The van der Waals surface area contributed by atoms with E-state index in [2.05, 4.69) is 19.2 Å². The monoisotopic (exact) mass is 300 g/mol. The summed E-state index contributed by atoms with van der Waals surface area (Å²) in [6.07, 6.45) is 4.00. The first-order valence-corrected chi connectivity index (χ1v) is 7.82. The van der Waals surface area contributed by atoms with Crippen LogP contribution in [0.3, 0.4) is 0 Å². The van der Waals surface area contributed by atoms with E-state index in [1.165, 1.54) is 4.90 Å². The van der Waals surface area contributed by atoms with Crippen LogP contribution in [0.15, 0.2) is 0 Å². The highest BCUT2D eigenvalue weighted by Gasteiger charge is 2.28. The molecule has 0 saturated carbocycles. The minimum absolute atomic E-state index is 0.0337. The van der Waals surface area contributed by atoms with Gasteiger partial charge in [-0.05, 0) is 18.8 Å². The number of aliphatic carboxylic acids is 1. The van der Waals surface area contributed by atoms with Crippen molar-refractivity contribution in [3.05, 3.63) is 0 Å². The average Bonchev–Trinajstić information content (AvgIpc) is 2.46. The fourth-order valence-corrected chi connectivity index (χ4v) is 2.75. The summed E-state index contributed by atoms with van der Waals surface area (Å²) in [6, 6.07) is -0.0874. The summed E-state index contributed by atoms with van der Waals surface area (Å²) in [5.74, 6) is -0.357. The van der Waals surface area contributed by atoms with Gasteiger partial charge in [0, 0.05) is 26.2 Å². The van der Waals surface area contributed by atoms with E-state index in [0.717, 1.165) is 25.7 Å². The van der Waals surface area contributed by atoms with Crippen LogP contribution in [0.2, 0.25) is 0 Å². The minimum atomic E-state index is -0.894. The summed E-state index contributed by atoms with van der Waals surface area (Å²) in [5, 5.41) is 11.6. The highest BCUT2D eigenvalue weighted by molar-refractivity contribution is 5.75. The van der Waals surface area contributed by atoms with Crippen LogP contribution in [0.25, 0.3) is 0 Å². The molecule has 1 fully saturated rings. The Morgan fingerprint density at radius 3 is 2.62 bits per heavy atom. The van der Waals surface area contributed by atoms with Crippen molar-refractivity contribution in [1.29, 1.82) is 0 Å². The number of nitrogens with one attached hydrogen (secondary N) is 1. The zero-order valence-electron chi connectivity index (χ0n) is 13.3. The molecule has 1 rings (SSSR count). The maximum atomic E-state index is 12.0. The van der Waals surface area contributed by atoms with E-state index in [-0.39, 0.29) is 31.1 Å². The molecule has 1 saturated heterocycles. The third-order valence-corrected chi connectivity index (χ3v) is 4.22. The van der Waals surface area contributed by atoms with Crippen molar-refractivity contribution in [1.82, 2.24) is 10.2 Å². The van der Waals surface area contributed by atoms with Gasteiger partial charge in [0.15, 0.2) is 0 Å². The highest BCUT2D eigenvalue weighted by atomic mass is 16.5. The fraction of sp³-hybridized carbons (Fsp3) is 0.867. The third-order valence-electron chi connectivity index (χ3n) is 4.22. The van der Waals surface area contributed by atoms with Crippen LogP contribution < -0.4 is 5.32 Å². The zero-order valence-corrected chi connectivity index (χ0v) is 13.3. The lowest BCUT2D eigenvalue weighted by molar-refractivity contribution is -0.137. The van der Waals surface area contributed by atoms with Crippen molar-refractivity contribution in [3.63, 3.8) is 0 Å². The molecule has 1 aliphatic rings. The number of urea groups is 1. The van der Waals surface area contributed by atoms with Crippen molar-refractivity contribution in [2.45, 2.75) is 58.1 Å². The molecule has 6 heteroatoms. The number of carboxylic acid groups (broad SMARTS) is 1. The van der Waals surface area contributed by atoms with Gasteiger partial charge in [0.1, 0.15) is 0 Å². The SMILES string of the molecule is CCC(CC)C1CC(NC(=O)N(C)CCC(=O)O)CCO1. The molecule has 1 heterocycles. The predicted molar refractivity (Wildman–Crippen MR) is 80.2 cm³/mol. The molecule has 2 N–H and O–H groups in total. The lowest BCUT2D eigenvalue weighted by atomic mass is 9.89. The van der Waals surface area contributed by atoms with Crippen LogP contribution in [-0.4, -0.2) is 54.4 Å². The Hall–Kier alpha value is -1.30. The second kappa shape index (κ2) is 8.87. The van der Waals surface area contributed by atoms with Gasteiger partial charge in [-0.3, -0.25) is 4.79 Å². The Morgan fingerprint density at radius 2 is 2.05 bits per heavy atom. The van der Waals surface area contributed by atoms with Gasteiger partial charge >= 0.3 is 12.0 Å². The van der Waals surface area contributed by atoms with Gasteiger partial charge in [-0.15, -0.1) is 0 Å². The van der Waals surface area contributed by atoms with E-state index >= 15 is 0 Å². The van der Waals surface area contributed by atoms with Gasteiger partial charge in [0.2, 0.25) is 0 Å². The molecular formula is C15H28N2O4. The smallest absolute Gasteiger partial charge is 0.317 e. The summed E-state index contributed by atoms with van der Waals surface area (Å²) in [6.45, 7) is 5.23. The van der Waals surface area contributed by atoms with E-state index in [1.54, 1.807) is 7.05 Å². The molecule has 1 aliphatic heterocycles. The Morgan fingerprint density at radius 1 is 1.38 bits per heavy atom. The van der Waals surface area contributed by atoms with Crippen LogP contribution in [0.5, 0.6) is 0 Å². The normalized spacial score (nSPS) is 22.1. The van der Waals surface area contributed by atoms with Crippen molar-refractivity contribution in [3.8, 4) is 0 Å². The highest BCUT2D eigenvalue weighted by Crippen LogP contribution is 2.25. The Bertz CT molecular complexity index is 345. The molecular weight excluding hydrogens is 272 g/mol. The number of carbonyl (C=O) groups excluding carboxylic acids is 1. The van der Waals surface area contributed by atoms with Crippen LogP contribution >= 0.6 is 0 Å². The zero-order chi connectivity index (χ0) is 15.8. The molecule has 0 aliphatic carbocycles. The van der Waals surface area contributed by atoms with Gasteiger partial charge in [-0.25, -0.2) is 4.79 Å². The molecule has 122 valence electrons. The van der Waals surface area contributed by atoms with E-state index in [4.69, 9.17) is 9.84 Å². The van der Waals surface area contributed by atoms with Crippen molar-refractivity contribution >= 4 is 12.0 Å². The molecule has 2 atom stereocenters. The number of ether oxygens (including phenoxy) is 1. The molecule has 0 radical (unpaired) electrons. The Balaban J connectivity index is 2.42. The topological polar surface area (TPSA) is 78.9 Å². The number of hydrogen-bond donors (Lipinski definition) is 2. The molecule has 0 spiro atoms. The van der Waals surface area contributed by atoms with Crippen molar-refractivity contribution < 1.29 is 19.4 Å². The predicted octanol–water partition coefficient (Wildman–Crippen LogP) is 2.09. The van der Waals surface area contributed by atoms with Gasteiger partial charge in [-0.1, -0.05) is 26.7 Å². The molecule has 2 amide bonds. The molecule has 21 heavy (non-hydrogen) atoms. The van der Waals surface area contributed by atoms with Crippen LogP contribution in [0.4, 0.5) is 4.79 Å². The standard InChI is InChI=1S/C15H28N2O4/c1-4-11(5-2)13-10-12(7-9-21-13)16-15(20)17(3)8-6-14(18)19/h11-13H,4-10H2,1-3H3,(H,16,20)(H,18,19). The average molecular weight is 300 g/mol. The van der Waals surface area contributed by atoms with Gasteiger partial charge in [0.25, 0.3) is 0 Å². The summed E-state index contributed by atoms with van der Waals surface area (Å²) in [5.41, 5.74) is 0. The van der Waals surface area contributed by atoms with Gasteiger partial charge in [0.05, 0.1) is 12.5 Å². The molecule has 0 aromatic carbocycles. The molecule has 0 aromatic rings. The second-order valence-corrected chi connectivity index (χ2v) is 5.72. The molecule has 0 bridgehead atoms. The number of carbonyl (C=O) groups is 2. The van der Waals surface area contributed by atoms with E-state index in [0.29, 0.717) is 12.5 Å². The maximum absolute atomic E-state index is 12.0. The lowest BCUT2D eigenvalue weighted by Gasteiger charge is -2.35. The number of nitrogens with zero attached hydrogens (tertiary/aromatic N) is 1. The number of rotatable bonds is 7. The third kappa shape index (κ3) is 5.91. The lowest BCUT2D eigenvalue weighted by Crippen LogP contribution is -2.48.